The van der Waals surface area contributed by atoms with E-state index in [1.807, 2.05) is 38.1 Å². The van der Waals surface area contributed by atoms with Gasteiger partial charge in [0.1, 0.15) is 5.82 Å². The first-order valence-corrected chi connectivity index (χ1v) is 7.03. The van der Waals surface area contributed by atoms with E-state index >= 15 is 0 Å². The molecule has 22 heavy (non-hydrogen) atoms. The zero-order valence-electron chi connectivity index (χ0n) is 13.1. The van der Waals surface area contributed by atoms with Crippen LogP contribution in [0.2, 0.25) is 0 Å². The molecule has 1 heterocycles. The second-order valence-electron chi connectivity index (χ2n) is 5.17. The van der Waals surface area contributed by atoms with E-state index in [-0.39, 0.29) is 42.8 Å². The third-order valence-corrected chi connectivity index (χ3v) is 3.27. The summed E-state index contributed by atoms with van der Waals surface area (Å²) in [7, 11) is 0. The summed E-state index contributed by atoms with van der Waals surface area (Å²) < 4.78 is 2.13. The van der Waals surface area contributed by atoms with Crippen LogP contribution in [0.5, 0.6) is 0 Å². The minimum Gasteiger partial charge on any atom is -0.346 e. The molecule has 124 valence electrons. The van der Waals surface area contributed by atoms with Gasteiger partial charge >= 0.3 is 0 Å². The Hall–Kier alpha value is -1.30. The van der Waals surface area contributed by atoms with Crippen molar-refractivity contribution in [2.75, 3.05) is 0 Å². The van der Waals surface area contributed by atoms with Crippen molar-refractivity contribution < 1.29 is 4.79 Å². The fourth-order valence-electron chi connectivity index (χ4n) is 2.41. The molecule has 3 N–H and O–H groups in total. The standard InChI is InChI=1S/C15H22N4O.2ClH/c1-4-19-13-8-6-5-7-12(13)18-15(19)11(3)17-14(20)9-10(2)16;;/h5-8,10-11H,4,9,16H2,1-3H3,(H,17,20);2*1H. The van der Waals surface area contributed by atoms with Crippen LogP contribution in [0.15, 0.2) is 24.3 Å². The lowest BCUT2D eigenvalue weighted by molar-refractivity contribution is -0.122. The van der Waals surface area contributed by atoms with Gasteiger partial charge in [0.2, 0.25) is 5.91 Å². The Morgan fingerprint density at radius 2 is 1.95 bits per heavy atom. The molecule has 0 aliphatic heterocycles. The third-order valence-electron chi connectivity index (χ3n) is 3.27. The molecule has 0 radical (unpaired) electrons. The quantitative estimate of drug-likeness (QED) is 0.874. The lowest BCUT2D eigenvalue weighted by Crippen LogP contribution is -2.32. The summed E-state index contributed by atoms with van der Waals surface area (Å²) >= 11 is 0. The molecule has 2 unspecified atom stereocenters. The Morgan fingerprint density at radius 1 is 1.32 bits per heavy atom. The smallest absolute Gasteiger partial charge is 0.222 e. The number of aromatic nitrogens is 2. The lowest BCUT2D eigenvalue weighted by Gasteiger charge is -2.16. The van der Waals surface area contributed by atoms with Gasteiger partial charge in [-0.3, -0.25) is 4.79 Å². The second-order valence-corrected chi connectivity index (χ2v) is 5.17. The molecule has 0 fully saturated rings. The molecule has 7 heteroatoms. The summed E-state index contributed by atoms with van der Waals surface area (Å²) in [6.07, 6.45) is 0.330. The van der Waals surface area contributed by atoms with E-state index in [9.17, 15) is 4.79 Å². The Kier molecular flexibility index (Phi) is 8.45. The number of halogens is 2. The zero-order chi connectivity index (χ0) is 14.7. The number of nitrogens with one attached hydrogen (secondary N) is 1. The minimum absolute atomic E-state index is 0. The number of aryl methyl sites for hydroxylation is 1. The largest absolute Gasteiger partial charge is 0.346 e. The number of imidazole rings is 1. The van der Waals surface area contributed by atoms with Crippen molar-refractivity contribution in [2.24, 2.45) is 5.73 Å². The average molecular weight is 347 g/mol. The predicted octanol–water partition coefficient (Wildman–Crippen LogP) is 2.81. The van der Waals surface area contributed by atoms with E-state index in [2.05, 4.69) is 21.8 Å². The Labute approximate surface area is 143 Å². The Bertz CT molecular complexity index is 613. The average Bonchev–Trinajstić information content (AvgIpc) is 2.76. The fraction of sp³-hybridized carbons (Fsp3) is 0.467. The molecular weight excluding hydrogens is 323 g/mol. The molecule has 0 aliphatic carbocycles. The highest BCUT2D eigenvalue weighted by Gasteiger charge is 2.17. The van der Waals surface area contributed by atoms with Crippen molar-refractivity contribution in [3.63, 3.8) is 0 Å². The number of carbonyl (C=O) groups excluding carboxylic acids is 1. The van der Waals surface area contributed by atoms with Crippen molar-refractivity contribution in [3.05, 3.63) is 30.1 Å². The van der Waals surface area contributed by atoms with E-state index in [1.54, 1.807) is 0 Å². The predicted molar refractivity (Wildman–Crippen MR) is 94.7 cm³/mol. The van der Waals surface area contributed by atoms with E-state index in [1.165, 1.54) is 0 Å². The molecular formula is C15H24Cl2N4O. The molecule has 2 rings (SSSR count). The van der Waals surface area contributed by atoms with Crippen LogP contribution >= 0.6 is 24.8 Å². The van der Waals surface area contributed by atoms with Gasteiger partial charge in [0.25, 0.3) is 0 Å². The number of fused-ring (bicyclic) bond motifs is 1. The topological polar surface area (TPSA) is 72.9 Å². The molecule has 0 bridgehead atoms. The van der Waals surface area contributed by atoms with Crippen LogP contribution in [-0.4, -0.2) is 21.5 Å². The molecule has 5 nitrogen and oxygen atoms in total. The van der Waals surface area contributed by atoms with Crippen molar-refractivity contribution in [1.29, 1.82) is 0 Å². The summed E-state index contributed by atoms with van der Waals surface area (Å²) in [6, 6.07) is 7.74. The van der Waals surface area contributed by atoms with Crippen LogP contribution in [-0.2, 0) is 11.3 Å². The Balaban J connectivity index is 0.00000220. The highest BCUT2D eigenvalue weighted by atomic mass is 35.5. The van der Waals surface area contributed by atoms with Gasteiger partial charge in [-0.1, -0.05) is 12.1 Å². The summed E-state index contributed by atoms with van der Waals surface area (Å²) in [5.74, 6) is 0.842. The van der Waals surface area contributed by atoms with Crippen LogP contribution in [0.25, 0.3) is 11.0 Å². The number of hydrogen-bond donors (Lipinski definition) is 2. The Morgan fingerprint density at radius 3 is 2.55 bits per heavy atom. The van der Waals surface area contributed by atoms with Crippen molar-refractivity contribution >= 4 is 41.8 Å². The monoisotopic (exact) mass is 346 g/mol. The first-order valence-electron chi connectivity index (χ1n) is 7.03. The van der Waals surface area contributed by atoms with Gasteiger partial charge in [-0.2, -0.15) is 0 Å². The van der Waals surface area contributed by atoms with Crippen LogP contribution in [0.4, 0.5) is 0 Å². The maximum Gasteiger partial charge on any atom is 0.222 e. The number of carbonyl (C=O) groups is 1. The number of hydrogen-bond acceptors (Lipinski definition) is 3. The molecule has 2 atom stereocenters. The number of amides is 1. The van der Waals surface area contributed by atoms with Crippen molar-refractivity contribution in [3.8, 4) is 0 Å². The molecule has 1 aromatic heterocycles. The zero-order valence-corrected chi connectivity index (χ0v) is 14.7. The number of para-hydroxylation sites is 2. The molecule has 1 aromatic carbocycles. The van der Waals surface area contributed by atoms with E-state index in [4.69, 9.17) is 5.73 Å². The van der Waals surface area contributed by atoms with E-state index in [0.29, 0.717) is 6.42 Å². The first-order chi connectivity index (χ1) is 9.52. The number of nitrogens with two attached hydrogens (primary N) is 1. The number of rotatable bonds is 5. The molecule has 0 spiro atoms. The van der Waals surface area contributed by atoms with E-state index in [0.717, 1.165) is 23.4 Å². The van der Waals surface area contributed by atoms with Gasteiger partial charge in [0.15, 0.2) is 0 Å². The molecule has 0 aliphatic rings. The SMILES string of the molecule is CCn1c(C(C)NC(=O)CC(C)N)nc2ccccc21.Cl.Cl. The third kappa shape index (κ3) is 4.60. The van der Waals surface area contributed by atoms with Crippen molar-refractivity contribution in [2.45, 2.75) is 45.8 Å². The van der Waals surface area contributed by atoms with Gasteiger partial charge < -0.3 is 15.6 Å². The van der Waals surface area contributed by atoms with Crippen LogP contribution < -0.4 is 11.1 Å². The summed E-state index contributed by atoms with van der Waals surface area (Å²) in [5.41, 5.74) is 7.70. The normalized spacial score (nSPS) is 12.9. The second kappa shape index (κ2) is 8.98. The van der Waals surface area contributed by atoms with Crippen molar-refractivity contribution in [1.82, 2.24) is 14.9 Å². The maximum atomic E-state index is 11.8. The number of benzene rings is 1. The lowest BCUT2D eigenvalue weighted by atomic mass is 10.2. The van der Waals surface area contributed by atoms with Gasteiger partial charge in [-0.05, 0) is 32.9 Å². The van der Waals surface area contributed by atoms with Crippen LogP contribution in [0.3, 0.4) is 0 Å². The first kappa shape index (κ1) is 20.7. The van der Waals surface area contributed by atoms with Gasteiger partial charge in [0.05, 0.1) is 17.1 Å². The van der Waals surface area contributed by atoms with Crippen LogP contribution in [0.1, 0.15) is 39.1 Å². The van der Waals surface area contributed by atoms with Gasteiger partial charge in [-0.15, -0.1) is 24.8 Å². The molecule has 0 saturated carbocycles. The maximum absolute atomic E-state index is 11.8. The van der Waals surface area contributed by atoms with Gasteiger partial charge in [-0.25, -0.2) is 4.98 Å². The highest BCUT2D eigenvalue weighted by molar-refractivity contribution is 5.85. The summed E-state index contributed by atoms with van der Waals surface area (Å²) in [4.78, 5) is 16.5. The highest BCUT2D eigenvalue weighted by Crippen LogP contribution is 2.20. The fourth-order valence-corrected chi connectivity index (χ4v) is 2.41. The molecule has 2 aromatic rings. The number of nitrogens with zero attached hydrogens (tertiary/aromatic N) is 2. The van der Waals surface area contributed by atoms with Gasteiger partial charge in [0, 0.05) is 19.0 Å². The minimum atomic E-state index is -0.132. The molecule has 1 amide bonds. The van der Waals surface area contributed by atoms with Crippen LogP contribution in [0, 0.1) is 0 Å². The molecule has 0 saturated heterocycles. The summed E-state index contributed by atoms with van der Waals surface area (Å²) in [6.45, 7) is 6.68. The van der Waals surface area contributed by atoms with E-state index < -0.39 is 0 Å². The summed E-state index contributed by atoms with van der Waals surface area (Å²) in [5, 5.41) is 2.96.